The molecular weight excluding hydrogens is 268 g/mol. The van der Waals surface area contributed by atoms with E-state index < -0.39 is 0 Å². The Labute approximate surface area is 124 Å². The highest BCUT2D eigenvalue weighted by molar-refractivity contribution is 5.81. The molecular formula is C15H20N4O2. The van der Waals surface area contributed by atoms with Gasteiger partial charge in [-0.3, -0.25) is 4.79 Å². The van der Waals surface area contributed by atoms with E-state index in [0.29, 0.717) is 24.5 Å². The molecule has 2 atom stereocenters. The summed E-state index contributed by atoms with van der Waals surface area (Å²) < 4.78 is 5.54. The Balaban J connectivity index is 1.99. The fraction of sp³-hybridized carbons (Fsp3) is 0.533. The SMILES string of the molecule is C[C@H]1CN(C(=O)CN(C)c2ccc(C#N)cn2)[C@@H](C)CO1. The van der Waals surface area contributed by atoms with Gasteiger partial charge in [-0.2, -0.15) is 5.26 Å². The van der Waals surface area contributed by atoms with Gasteiger partial charge in [0.15, 0.2) is 0 Å². The first-order valence-electron chi connectivity index (χ1n) is 6.99. The second kappa shape index (κ2) is 6.55. The molecule has 6 heteroatoms. The number of nitriles is 1. The highest BCUT2D eigenvalue weighted by Gasteiger charge is 2.28. The fourth-order valence-corrected chi connectivity index (χ4v) is 2.30. The van der Waals surface area contributed by atoms with E-state index in [1.165, 1.54) is 6.20 Å². The molecule has 1 amide bonds. The second-order valence-electron chi connectivity index (χ2n) is 5.41. The van der Waals surface area contributed by atoms with Crippen molar-refractivity contribution >= 4 is 11.7 Å². The van der Waals surface area contributed by atoms with Crippen LogP contribution >= 0.6 is 0 Å². The van der Waals surface area contributed by atoms with Crippen molar-refractivity contribution in [1.82, 2.24) is 9.88 Å². The Kier molecular flexibility index (Phi) is 4.76. The van der Waals surface area contributed by atoms with E-state index in [1.54, 1.807) is 17.0 Å². The maximum atomic E-state index is 12.4. The van der Waals surface area contributed by atoms with Gasteiger partial charge in [0.2, 0.25) is 5.91 Å². The lowest BCUT2D eigenvalue weighted by Gasteiger charge is -2.37. The Morgan fingerprint density at radius 2 is 2.33 bits per heavy atom. The van der Waals surface area contributed by atoms with E-state index in [4.69, 9.17) is 10.00 Å². The van der Waals surface area contributed by atoms with Crippen molar-refractivity contribution in [3.05, 3.63) is 23.9 Å². The summed E-state index contributed by atoms with van der Waals surface area (Å²) in [5.74, 6) is 0.739. The molecule has 112 valence electrons. The minimum atomic E-state index is 0.0614. The molecule has 0 radical (unpaired) electrons. The van der Waals surface area contributed by atoms with Crippen LogP contribution in [0, 0.1) is 11.3 Å². The molecule has 1 aromatic rings. The number of likely N-dealkylation sites (N-methyl/N-ethyl adjacent to an activating group) is 1. The van der Waals surface area contributed by atoms with Gasteiger partial charge >= 0.3 is 0 Å². The smallest absolute Gasteiger partial charge is 0.242 e. The number of carbonyl (C=O) groups excluding carboxylic acids is 1. The number of carbonyl (C=O) groups is 1. The molecule has 1 saturated heterocycles. The molecule has 6 nitrogen and oxygen atoms in total. The van der Waals surface area contributed by atoms with E-state index in [1.807, 2.05) is 31.9 Å². The zero-order valence-electron chi connectivity index (χ0n) is 12.6. The van der Waals surface area contributed by atoms with Gasteiger partial charge in [0.25, 0.3) is 0 Å². The first-order valence-corrected chi connectivity index (χ1v) is 6.99. The molecule has 0 aromatic carbocycles. The lowest BCUT2D eigenvalue weighted by molar-refractivity contribution is -0.141. The van der Waals surface area contributed by atoms with Gasteiger partial charge < -0.3 is 14.5 Å². The number of anilines is 1. The van der Waals surface area contributed by atoms with E-state index >= 15 is 0 Å². The number of pyridine rings is 1. The van der Waals surface area contributed by atoms with Gasteiger partial charge in [0.05, 0.1) is 30.9 Å². The summed E-state index contributed by atoms with van der Waals surface area (Å²) in [6.07, 6.45) is 1.58. The van der Waals surface area contributed by atoms with Crippen LogP contribution in [0.3, 0.4) is 0 Å². The van der Waals surface area contributed by atoms with E-state index in [-0.39, 0.29) is 24.6 Å². The first-order chi connectivity index (χ1) is 10.0. The third-order valence-electron chi connectivity index (χ3n) is 3.57. The summed E-state index contributed by atoms with van der Waals surface area (Å²) in [7, 11) is 1.82. The lowest BCUT2D eigenvalue weighted by atomic mass is 10.2. The van der Waals surface area contributed by atoms with Crippen molar-refractivity contribution < 1.29 is 9.53 Å². The van der Waals surface area contributed by atoms with Crippen LogP contribution < -0.4 is 4.90 Å². The minimum Gasteiger partial charge on any atom is -0.375 e. The van der Waals surface area contributed by atoms with Crippen molar-refractivity contribution in [2.75, 3.05) is 31.6 Å². The Morgan fingerprint density at radius 1 is 1.57 bits per heavy atom. The summed E-state index contributed by atoms with van der Waals surface area (Å²) in [4.78, 5) is 20.2. The highest BCUT2D eigenvalue weighted by atomic mass is 16.5. The molecule has 0 spiro atoms. The first kappa shape index (κ1) is 15.3. The van der Waals surface area contributed by atoms with Gasteiger partial charge in [-0.15, -0.1) is 0 Å². The van der Waals surface area contributed by atoms with Crippen LogP contribution in [0.5, 0.6) is 0 Å². The highest BCUT2D eigenvalue weighted by Crippen LogP contribution is 2.14. The predicted molar refractivity (Wildman–Crippen MR) is 78.8 cm³/mol. The van der Waals surface area contributed by atoms with Crippen molar-refractivity contribution in [2.45, 2.75) is 26.0 Å². The molecule has 0 bridgehead atoms. The van der Waals surface area contributed by atoms with Crippen LogP contribution in [-0.2, 0) is 9.53 Å². The minimum absolute atomic E-state index is 0.0614. The van der Waals surface area contributed by atoms with Crippen molar-refractivity contribution in [3.8, 4) is 6.07 Å². The van der Waals surface area contributed by atoms with Gasteiger partial charge in [0.1, 0.15) is 11.9 Å². The van der Waals surface area contributed by atoms with Crippen LogP contribution in [0.15, 0.2) is 18.3 Å². The van der Waals surface area contributed by atoms with Gasteiger partial charge in [0, 0.05) is 19.8 Å². The Morgan fingerprint density at radius 3 is 2.95 bits per heavy atom. The van der Waals surface area contributed by atoms with E-state index in [9.17, 15) is 4.79 Å². The molecule has 1 fully saturated rings. The van der Waals surface area contributed by atoms with Crippen LogP contribution in [0.2, 0.25) is 0 Å². The van der Waals surface area contributed by atoms with Gasteiger partial charge in [-0.1, -0.05) is 0 Å². The molecule has 1 aliphatic rings. The zero-order valence-corrected chi connectivity index (χ0v) is 12.6. The van der Waals surface area contributed by atoms with Crippen LogP contribution in [0.1, 0.15) is 19.4 Å². The quantitative estimate of drug-likeness (QED) is 0.830. The monoisotopic (exact) mass is 288 g/mol. The van der Waals surface area contributed by atoms with Crippen LogP contribution in [0.4, 0.5) is 5.82 Å². The Bertz CT molecular complexity index is 538. The van der Waals surface area contributed by atoms with Crippen molar-refractivity contribution in [1.29, 1.82) is 5.26 Å². The maximum absolute atomic E-state index is 12.4. The molecule has 2 heterocycles. The molecule has 21 heavy (non-hydrogen) atoms. The lowest BCUT2D eigenvalue weighted by Crippen LogP contribution is -2.52. The summed E-state index contributed by atoms with van der Waals surface area (Å²) in [5.41, 5.74) is 0.508. The summed E-state index contributed by atoms with van der Waals surface area (Å²) in [6.45, 7) is 5.41. The van der Waals surface area contributed by atoms with Crippen LogP contribution in [0.25, 0.3) is 0 Å². The Hall–Kier alpha value is -2.13. The number of hydrogen-bond donors (Lipinski definition) is 0. The second-order valence-corrected chi connectivity index (χ2v) is 5.41. The molecule has 2 rings (SSSR count). The third kappa shape index (κ3) is 3.70. The number of amides is 1. The van der Waals surface area contributed by atoms with E-state index in [0.717, 1.165) is 0 Å². The number of hydrogen-bond acceptors (Lipinski definition) is 5. The van der Waals surface area contributed by atoms with Gasteiger partial charge in [-0.05, 0) is 26.0 Å². The summed E-state index contributed by atoms with van der Waals surface area (Å²) >= 11 is 0. The topological polar surface area (TPSA) is 69.5 Å². The largest absolute Gasteiger partial charge is 0.375 e. The summed E-state index contributed by atoms with van der Waals surface area (Å²) in [6, 6.07) is 5.56. The third-order valence-corrected chi connectivity index (χ3v) is 3.57. The molecule has 1 aliphatic heterocycles. The number of nitrogens with zero attached hydrogens (tertiary/aromatic N) is 4. The maximum Gasteiger partial charge on any atom is 0.242 e. The standard InChI is InChI=1S/C15H20N4O2/c1-11-10-21-12(2)8-19(11)15(20)9-18(3)14-5-4-13(6-16)7-17-14/h4-5,7,11-12H,8-10H2,1-3H3/t11-,12-/m0/s1. The number of aromatic nitrogens is 1. The number of ether oxygens (including phenoxy) is 1. The predicted octanol–water partition coefficient (Wildman–Crippen LogP) is 1.03. The average molecular weight is 288 g/mol. The molecule has 0 unspecified atom stereocenters. The number of morpholine rings is 1. The van der Waals surface area contributed by atoms with E-state index in [2.05, 4.69) is 4.98 Å². The molecule has 0 aliphatic carbocycles. The number of rotatable bonds is 3. The average Bonchev–Trinajstić information content (AvgIpc) is 2.49. The molecule has 0 saturated carbocycles. The van der Waals surface area contributed by atoms with Crippen molar-refractivity contribution in [2.24, 2.45) is 0 Å². The van der Waals surface area contributed by atoms with Crippen LogP contribution in [-0.4, -0.2) is 54.7 Å². The normalized spacial score (nSPS) is 21.7. The van der Waals surface area contributed by atoms with Crippen molar-refractivity contribution in [3.63, 3.8) is 0 Å². The zero-order chi connectivity index (χ0) is 15.4. The fourth-order valence-electron chi connectivity index (χ4n) is 2.30. The van der Waals surface area contributed by atoms with Gasteiger partial charge in [-0.25, -0.2) is 4.98 Å². The molecule has 0 N–H and O–H groups in total. The molecule has 1 aromatic heterocycles. The summed E-state index contributed by atoms with van der Waals surface area (Å²) in [5, 5.41) is 8.76.